The van der Waals surface area contributed by atoms with E-state index in [1.807, 2.05) is 55.5 Å². The number of carbonyl (C=O) groups is 1. The van der Waals surface area contributed by atoms with Crippen LogP contribution in [0.25, 0.3) is 10.7 Å². The van der Waals surface area contributed by atoms with E-state index >= 15 is 0 Å². The lowest BCUT2D eigenvalue weighted by atomic mass is 10.2. The average Bonchev–Trinajstić information content (AvgIpc) is 2.97. The van der Waals surface area contributed by atoms with Crippen LogP contribution in [-0.2, 0) is 0 Å². The first kappa shape index (κ1) is 14.4. The molecule has 0 spiro atoms. The van der Waals surface area contributed by atoms with Crippen LogP contribution in [0.2, 0.25) is 0 Å². The van der Waals surface area contributed by atoms with Crippen molar-refractivity contribution in [3.63, 3.8) is 0 Å². The number of rotatable bonds is 3. The summed E-state index contributed by atoms with van der Waals surface area (Å²) in [6, 6.07) is 15.3. The normalized spacial score (nSPS) is 10.5. The molecule has 0 unspecified atom stereocenters. The second-order valence-corrected chi connectivity index (χ2v) is 5.85. The maximum atomic E-state index is 12.7. The van der Waals surface area contributed by atoms with Crippen LogP contribution in [0.3, 0.4) is 0 Å². The zero-order valence-electron chi connectivity index (χ0n) is 12.4. The molecule has 0 saturated carbocycles. The van der Waals surface area contributed by atoms with Crippen LogP contribution in [0.4, 0.5) is 5.69 Å². The number of hydrogen-bond donors (Lipinski definition) is 0. The summed E-state index contributed by atoms with van der Waals surface area (Å²) in [5, 5.41) is 0.767. The third-order valence-corrected chi connectivity index (χ3v) is 4.49. The van der Waals surface area contributed by atoms with Crippen molar-refractivity contribution in [2.75, 3.05) is 11.9 Å². The number of hydrogen-bond acceptors (Lipinski definition) is 4. The van der Waals surface area contributed by atoms with Gasteiger partial charge >= 0.3 is 0 Å². The van der Waals surface area contributed by atoms with Crippen molar-refractivity contribution >= 4 is 22.9 Å². The number of aromatic nitrogens is 2. The molecule has 0 aliphatic heterocycles. The van der Waals surface area contributed by atoms with E-state index in [0.29, 0.717) is 4.88 Å². The monoisotopic (exact) mass is 309 g/mol. The van der Waals surface area contributed by atoms with Gasteiger partial charge in [0.05, 0.1) is 11.4 Å². The first-order chi connectivity index (χ1) is 10.7. The Labute approximate surface area is 133 Å². The third-order valence-electron chi connectivity index (χ3n) is 3.32. The van der Waals surface area contributed by atoms with Gasteiger partial charge in [0, 0.05) is 18.9 Å². The second-order valence-electron chi connectivity index (χ2n) is 4.85. The smallest absolute Gasteiger partial charge is 0.270 e. The molecular weight excluding hydrogens is 294 g/mol. The second kappa shape index (κ2) is 6.07. The van der Waals surface area contributed by atoms with E-state index in [-0.39, 0.29) is 5.91 Å². The molecule has 0 N–H and O–H groups in total. The Morgan fingerprint density at radius 3 is 2.50 bits per heavy atom. The van der Waals surface area contributed by atoms with Gasteiger partial charge in [-0.3, -0.25) is 9.78 Å². The summed E-state index contributed by atoms with van der Waals surface area (Å²) in [6.07, 6.45) is 1.73. The molecule has 110 valence electrons. The molecule has 0 atom stereocenters. The number of thiazole rings is 1. The number of carbonyl (C=O) groups excluding carboxylic acids is 1. The van der Waals surface area contributed by atoms with E-state index in [1.165, 1.54) is 11.3 Å². The highest BCUT2D eigenvalue weighted by molar-refractivity contribution is 7.17. The fraction of sp³-hybridized carbons (Fsp3) is 0.118. The van der Waals surface area contributed by atoms with Gasteiger partial charge in [-0.25, -0.2) is 4.98 Å². The molecule has 0 bridgehead atoms. The third kappa shape index (κ3) is 2.76. The number of pyridine rings is 1. The van der Waals surface area contributed by atoms with Crippen molar-refractivity contribution in [2.45, 2.75) is 6.92 Å². The predicted octanol–water partition coefficient (Wildman–Crippen LogP) is 3.79. The molecule has 5 heteroatoms. The first-order valence-electron chi connectivity index (χ1n) is 6.89. The standard InChI is InChI=1S/C17H15N3OS/c1-12-15(17(21)20(2)13-8-4-3-5-9-13)22-16(19-12)14-10-6-7-11-18-14/h3-11H,1-2H3. The molecule has 3 aromatic rings. The van der Waals surface area contributed by atoms with Gasteiger partial charge < -0.3 is 4.90 Å². The quantitative estimate of drug-likeness (QED) is 0.739. The molecule has 0 aliphatic rings. The van der Waals surface area contributed by atoms with Crippen LogP contribution in [0.5, 0.6) is 0 Å². The zero-order chi connectivity index (χ0) is 15.5. The Morgan fingerprint density at radius 1 is 1.09 bits per heavy atom. The molecule has 0 aliphatic carbocycles. The van der Waals surface area contributed by atoms with Crippen molar-refractivity contribution in [2.24, 2.45) is 0 Å². The van der Waals surface area contributed by atoms with Crippen LogP contribution >= 0.6 is 11.3 Å². The largest absolute Gasteiger partial charge is 0.311 e. The fourth-order valence-corrected chi connectivity index (χ4v) is 3.13. The SMILES string of the molecule is Cc1nc(-c2ccccn2)sc1C(=O)N(C)c1ccccc1. The molecule has 0 radical (unpaired) electrons. The van der Waals surface area contributed by atoms with Crippen LogP contribution in [0.15, 0.2) is 54.7 Å². The topological polar surface area (TPSA) is 46.1 Å². The summed E-state index contributed by atoms with van der Waals surface area (Å²) in [5.41, 5.74) is 2.38. The van der Waals surface area contributed by atoms with Crippen LogP contribution in [0.1, 0.15) is 15.4 Å². The van der Waals surface area contributed by atoms with E-state index in [4.69, 9.17) is 0 Å². The minimum absolute atomic E-state index is 0.0524. The maximum Gasteiger partial charge on any atom is 0.270 e. The highest BCUT2D eigenvalue weighted by Crippen LogP contribution is 2.28. The Kier molecular flexibility index (Phi) is 3.98. The average molecular weight is 309 g/mol. The van der Waals surface area contributed by atoms with Crippen LogP contribution in [0, 0.1) is 6.92 Å². The van der Waals surface area contributed by atoms with Gasteiger partial charge in [0.2, 0.25) is 0 Å². The number of aryl methyl sites for hydroxylation is 1. The van der Waals surface area contributed by atoms with Crippen LogP contribution in [-0.4, -0.2) is 22.9 Å². The molecule has 22 heavy (non-hydrogen) atoms. The Morgan fingerprint density at radius 2 is 1.82 bits per heavy atom. The number of para-hydroxylation sites is 1. The molecular formula is C17H15N3OS. The van der Waals surface area contributed by atoms with Gasteiger partial charge in [0.15, 0.2) is 0 Å². The van der Waals surface area contributed by atoms with Gasteiger partial charge in [-0.15, -0.1) is 11.3 Å². The molecule has 1 amide bonds. The molecule has 0 saturated heterocycles. The number of benzene rings is 1. The van der Waals surface area contributed by atoms with E-state index in [1.54, 1.807) is 18.1 Å². The number of amides is 1. The van der Waals surface area contributed by atoms with Crippen molar-refractivity contribution < 1.29 is 4.79 Å². The molecule has 2 aromatic heterocycles. The predicted molar refractivity (Wildman–Crippen MR) is 89.3 cm³/mol. The zero-order valence-corrected chi connectivity index (χ0v) is 13.2. The summed E-state index contributed by atoms with van der Waals surface area (Å²) >= 11 is 1.38. The summed E-state index contributed by atoms with van der Waals surface area (Å²) in [6.45, 7) is 1.86. The Balaban J connectivity index is 1.92. The van der Waals surface area contributed by atoms with E-state index in [9.17, 15) is 4.79 Å². The lowest BCUT2D eigenvalue weighted by Gasteiger charge is -2.16. The van der Waals surface area contributed by atoms with E-state index < -0.39 is 0 Å². The first-order valence-corrected chi connectivity index (χ1v) is 7.70. The molecule has 1 aromatic carbocycles. The molecule has 4 nitrogen and oxygen atoms in total. The van der Waals surface area contributed by atoms with Gasteiger partial charge in [0.25, 0.3) is 5.91 Å². The molecule has 3 rings (SSSR count). The highest BCUT2D eigenvalue weighted by atomic mass is 32.1. The van der Waals surface area contributed by atoms with Gasteiger partial charge in [-0.2, -0.15) is 0 Å². The Hall–Kier alpha value is -2.53. The summed E-state index contributed by atoms with van der Waals surface area (Å²) in [4.78, 5) is 23.7. The number of anilines is 1. The Bertz CT molecular complexity index is 784. The van der Waals surface area contributed by atoms with Crippen LogP contribution < -0.4 is 4.90 Å². The van der Waals surface area contributed by atoms with E-state index in [0.717, 1.165) is 22.1 Å². The minimum atomic E-state index is -0.0524. The summed E-state index contributed by atoms with van der Waals surface area (Å²) < 4.78 is 0. The van der Waals surface area contributed by atoms with Gasteiger partial charge in [0.1, 0.15) is 9.88 Å². The van der Waals surface area contributed by atoms with Crippen molar-refractivity contribution in [1.82, 2.24) is 9.97 Å². The fourth-order valence-electron chi connectivity index (χ4n) is 2.11. The van der Waals surface area contributed by atoms with Gasteiger partial charge in [-0.1, -0.05) is 24.3 Å². The summed E-state index contributed by atoms with van der Waals surface area (Å²) in [5.74, 6) is -0.0524. The number of nitrogens with zero attached hydrogens (tertiary/aromatic N) is 3. The van der Waals surface area contributed by atoms with Crippen molar-refractivity contribution in [3.05, 3.63) is 65.3 Å². The minimum Gasteiger partial charge on any atom is -0.311 e. The molecule has 0 fully saturated rings. The van der Waals surface area contributed by atoms with Crippen molar-refractivity contribution in [3.8, 4) is 10.7 Å². The highest BCUT2D eigenvalue weighted by Gasteiger charge is 2.20. The van der Waals surface area contributed by atoms with Gasteiger partial charge in [-0.05, 0) is 31.2 Å². The maximum absolute atomic E-state index is 12.7. The summed E-state index contributed by atoms with van der Waals surface area (Å²) in [7, 11) is 1.78. The van der Waals surface area contributed by atoms with E-state index in [2.05, 4.69) is 9.97 Å². The van der Waals surface area contributed by atoms with Crippen molar-refractivity contribution in [1.29, 1.82) is 0 Å². The lowest BCUT2D eigenvalue weighted by molar-refractivity contribution is 0.0996. The molecule has 2 heterocycles. The lowest BCUT2D eigenvalue weighted by Crippen LogP contribution is -2.25.